The van der Waals surface area contributed by atoms with Crippen LogP contribution in [0.2, 0.25) is 0 Å². The minimum Gasteiger partial charge on any atom is -0.454 e. The highest BCUT2D eigenvalue weighted by Gasteiger charge is 2.49. The first-order valence-electron chi connectivity index (χ1n) is 8.90. The zero-order chi connectivity index (χ0) is 20.2. The standard InChI is InChI=1S/C19H25N3O5/c1-5-19(6-2)17(25)22(18(26)21-19)10-16(24)27-11-15(23)20-14-9-7-8-12(3)13(14)4/h7-9H,5-6,10-11H2,1-4H3,(H,20,23)(H,21,26). The van der Waals surface area contributed by atoms with Crippen molar-refractivity contribution in [2.45, 2.75) is 46.1 Å². The number of anilines is 1. The quantitative estimate of drug-likeness (QED) is 0.559. The highest BCUT2D eigenvalue weighted by Crippen LogP contribution is 2.24. The first-order valence-corrected chi connectivity index (χ1v) is 8.90. The summed E-state index contributed by atoms with van der Waals surface area (Å²) >= 11 is 0. The molecule has 0 atom stereocenters. The number of hydrogen-bond acceptors (Lipinski definition) is 5. The molecule has 2 N–H and O–H groups in total. The summed E-state index contributed by atoms with van der Waals surface area (Å²) in [4.78, 5) is 49.3. The maximum Gasteiger partial charge on any atom is 0.326 e. The van der Waals surface area contributed by atoms with Gasteiger partial charge in [0.2, 0.25) is 0 Å². The minimum absolute atomic E-state index is 0.428. The lowest BCUT2D eigenvalue weighted by Crippen LogP contribution is -2.46. The molecule has 27 heavy (non-hydrogen) atoms. The fourth-order valence-electron chi connectivity index (χ4n) is 2.94. The molecular weight excluding hydrogens is 350 g/mol. The van der Waals surface area contributed by atoms with Gasteiger partial charge in [-0.3, -0.25) is 19.3 Å². The van der Waals surface area contributed by atoms with E-state index in [9.17, 15) is 19.2 Å². The van der Waals surface area contributed by atoms with Gasteiger partial charge in [-0.15, -0.1) is 0 Å². The van der Waals surface area contributed by atoms with Gasteiger partial charge in [-0.1, -0.05) is 26.0 Å². The van der Waals surface area contributed by atoms with Gasteiger partial charge in [-0.05, 0) is 43.9 Å². The fraction of sp³-hybridized carbons (Fsp3) is 0.474. The smallest absolute Gasteiger partial charge is 0.326 e. The summed E-state index contributed by atoms with van der Waals surface area (Å²) < 4.78 is 4.92. The monoisotopic (exact) mass is 375 g/mol. The Bertz CT molecular complexity index is 771. The molecule has 2 rings (SSSR count). The molecule has 1 heterocycles. The SMILES string of the molecule is CCC1(CC)NC(=O)N(CC(=O)OCC(=O)Nc2cccc(C)c2C)C1=O. The van der Waals surface area contributed by atoms with Crippen molar-refractivity contribution in [1.82, 2.24) is 10.2 Å². The van der Waals surface area contributed by atoms with Gasteiger partial charge in [0, 0.05) is 5.69 Å². The number of ether oxygens (including phenoxy) is 1. The molecule has 4 amide bonds. The fourth-order valence-corrected chi connectivity index (χ4v) is 2.94. The van der Waals surface area contributed by atoms with Gasteiger partial charge in [0.15, 0.2) is 6.61 Å². The third-order valence-electron chi connectivity index (χ3n) is 4.98. The van der Waals surface area contributed by atoms with Crippen molar-refractivity contribution in [3.05, 3.63) is 29.3 Å². The van der Waals surface area contributed by atoms with Gasteiger partial charge in [-0.2, -0.15) is 0 Å². The van der Waals surface area contributed by atoms with Crippen molar-refractivity contribution in [2.24, 2.45) is 0 Å². The van der Waals surface area contributed by atoms with E-state index in [4.69, 9.17) is 4.74 Å². The van der Waals surface area contributed by atoms with Crippen LogP contribution in [-0.4, -0.2) is 47.4 Å². The Morgan fingerprint density at radius 1 is 1.19 bits per heavy atom. The topological polar surface area (TPSA) is 105 Å². The lowest BCUT2D eigenvalue weighted by atomic mass is 9.93. The van der Waals surface area contributed by atoms with Gasteiger partial charge in [0.1, 0.15) is 12.1 Å². The largest absolute Gasteiger partial charge is 0.454 e. The Hall–Kier alpha value is -2.90. The zero-order valence-corrected chi connectivity index (χ0v) is 16.0. The summed E-state index contributed by atoms with van der Waals surface area (Å²) in [6, 6.07) is 4.87. The molecular formula is C19H25N3O5. The molecule has 146 valence electrons. The first-order chi connectivity index (χ1) is 12.7. The number of rotatable bonds is 7. The lowest BCUT2D eigenvalue weighted by Gasteiger charge is -2.22. The van der Waals surface area contributed by atoms with Gasteiger partial charge in [-0.25, -0.2) is 4.79 Å². The second kappa shape index (κ2) is 8.20. The second-order valence-corrected chi connectivity index (χ2v) is 6.57. The van der Waals surface area contributed by atoms with Crippen LogP contribution in [0, 0.1) is 13.8 Å². The number of carbonyl (C=O) groups excluding carboxylic acids is 4. The number of esters is 1. The van der Waals surface area contributed by atoms with Gasteiger partial charge in [0.05, 0.1) is 0 Å². The average Bonchev–Trinajstić information content (AvgIpc) is 2.88. The number of urea groups is 1. The van der Waals surface area contributed by atoms with Crippen LogP contribution < -0.4 is 10.6 Å². The van der Waals surface area contributed by atoms with Crippen LogP contribution in [0.5, 0.6) is 0 Å². The van der Waals surface area contributed by atoms with E-state index in [1.54, 1.807) is 19.9 Å². The summed E-state index contributed by atoms with van der Waals surface area (Å²) in [7, 11) is 0. The van der Waals surface area contributed by atoms with E-state index in [0.29, 0.717) is 18.5 Å². The molecule has 1 fully saturated rings. The third-order valence-corrected chi connectivity index (χ3v) is 4.98. The van der Waals surface area contributed by atoms with Crippen molar-refractivity contribution in [3.63, 3.8) is 0 Å². The van der Waals surface area contributed by atoms with Gasteiger partial charge < -0.3 is 15.4 Å². The van der Waals surface area contributed by atoms with Crippen molar-refractivity contribution in [1.29, 1.82) is 0 Å². The maximum absolute atomic E-state index is 12.4. The molecule has 0 unspecified atom stereocenters. The van der Waals surface area contributed by atoms with E-state index in [1.807, 2.05) is 26.0 Å². The molecule has 8 nitrogen and oxygen atoms in total. The molecule has 1 aromatic carbocycles. The third kappa shape index (κ3) is 4.27. The average molecular weight is 375 g/mol. The number of aryl methyl sites for hydroxylation is 1. The predicted octanol–water partition coefficient (Wildman–Crippen LogP) is 1.90. The Morgan fingerprint density at radius 3 is 2.44 bits per heavy atom. The number of benzene rings is 1. The van der Waals surface area contributed by atoms with Crippen LogP contribution in [0.1, 0.15) is 37.8 Å². The molecule has 1 aliphatic rings. The highest BCUT2D eigenvalue weighted by molar-refractivity contribution is 6.08. The van der Waals surface area contributed by atoms with E-state index < -0.39 is 42.5 Å². The molecule has 1 aromatic rings. The van der Waals surface area contributed by atoms with Crippen molar-refractivity contribution < 1.29 is 23.9 Å². The van der Waals surface area contributed by atoms with Crippen molar-refractivity contribution in [3.8, 4) is 0 Å². The van der Waals surface area contributed by atoms with E-state index in [1.165, 1.54) is 0 Å². The summed E-state index contributed by atoms with van der Waals surface area (Å²) in [5.74, 6) is -1.77. The number of amides is 4. The molecule has 0 aromatic heterocycles. The second-order valence-electron chi connectivity index (χ2n) is 6.57. The van der Waals surface area contributed by atoms with Crippen LogP contribution in [-0.2, 0) is 19.1 Å². The zero-order valence-electron chi connectivity index (χ0n) is 16.0. The first kappa shape index (κ1) is 20.4. The molecule has 0 saturated carbocycles. The number of carbonyl (C=O) groups is 4. The lowest BCUT2D eigenvalue weighted by molar-refractivity contribution is -0.150. The Morgan fingerprint density at radius 2 is 1.85 bits per heavy atom. The molecule has 1 aliphatic heterocycles. The molecule has 0 bridgehead atoms. The number of hydrogen-bond donors (Lipinski definition) is 2. The van der Waals surface area contributed by atoms with Crippen LogP contribution in [0.25, 0.3) is 0 Å². The summed E-state index contributed by atoms with van der Waals surface area (Å²) in [6.07, 6.45) is 0.857. The molecule has 0 radical (unpaired) electrons. The Balaban J connectivity index is 1.89. The Kier molecular flexibility index (Phi) is 6.20. The van der Waals surface area contributed by atoms with Crippen LogP contribution in [0.15, 0.2) is 18.2 Å². The van der Waals surface area contributed by atoms with Gasteiger partial charge >= 0.3 is 12.0 Å². The molecule has 0 spiro atoms. The van der Waals surface area contributed by atoms with Crippen LogP contribution in [0.3, 0.4) is 0 Å². The molecule has 1 saturated heterocycles. The summed E-state index contributed by atoms with van der Waals surface area (Å²) in [5.41, 5.74) is 1.61. The van der Waals surface area contributed by atoms with Crippen LogP contribution >= 0.6 is 0 Å². The maximum atomic E-state index is 12.4. The number of nitrogens with one attached hydrogen (secondary N) is 2. The highest BCUT2D eigenvalue weighted by atomic mass is 16.5. The van der Waals surface area contributed by atoms with Crippen molar-refractivity contribution >= 4 is 29.5 Å². The minimum atomic E-state index is -0.975. The summed E-state index contributed by atoms with van der Waals surface area (Å²) in [5, 5.41) is 5.30. The van der Waals surface area contributed by atoms with Gasteiger partial charge in [0.25, 0.3) is 11.8 Å². The predicted molar refractivity (Wildman–Crippen MR) is 99.1 cm³/mol. The van der Waals surface area contributed by atoms with Crippen molar-refractivity contribution in [2.75, 3.05) is 18.5 Å². The summed E-state index contributed by atoms with van der Waals surface area (Å²) in [6.45, 7) is 6.37. The van der Waals surface area contributed by atoms with E-state index in [-0.39, 0.29) is 0 Å². The van der Waals surface area contributed by atoms with Crippen LogP contribution in [0.4, 0.5) is 10.5 Å². The van der Waals surface area contributed by atoms with E-state index in [2.05, 4.69) is 10.6 Å². The number of imide groups is 1. The van der Waals surface area contributed by atoms with E-state index in [0.717, 1.165) is 16.0 Å². The Labute approximate surface area is 158 Å². The number of nitrogens with zero attached hydrogens (tertiary/aromatic N) is 1. The molecule has 0 aliphatic carbocycles. The normalized spacial score (nSPS) is 15.5. The molecule has 8 heteroatoms. The van der Waals surface area contributed by atoms with E-state index >= 15 is 0 Å².